The summed E-state index contributed by atoms with van der Waals surface area (Å²) in [5.74, 6) is 0. The van der Waals surface area contributed by atoms with Crippen molar-refractivity contribution >= 4 is 28.7 Å². The summed E-state index contributed by atoms with van der Waals surface area (Å²) >= 11 is 2.40. The minimum absolute atomic E-state index is 0.189. The Morgan fingerprint density at radius 1 is 1.30 bits per heavy atom. The molecule has 5 heteroatoms. The third-order valence-corrected chi connectivity index (χ3v) is 4.00. The molecule has 0 N–H and O–H groups in total. The van der Waals surface area contributed by atoms with Crippen molar-refractivity contribution in [1.82, 2.24) is 4.90 Å². The second-order valence-corrected chi connectivity index (χ2v) is 7.37. The van der Waals surface area contributed by atoms with E-state index in [2.05, 4.69) is 22.6 Å². The lowest BCUT2D eigenvalue weighted by Crippen LogP contribution is -2.41. The monoisotopic (exact) mass is 397 g/mol. The molecule has 1 unspecified atom stereocenters. The number of halogens is 1. The fourth-order valence-corrected chi connectivity index (χ4v) is 2.80. The molecule has 118 valence electrons. The first kappa shape index (κ1) is 18.0. The Bertz CT molecular complexity index is 291. The molecule has 1 heterocycles. The highest BCUT2D eigenvalue weighted by Gasteiger charge is 2.32. The van der Waals surface area contributed by atoms with Crippen molar-refractivity contribution in [3.8, 4) is 0 Å². The lowest BCUT2D eigenvalue weighted by atomic mass is 10.2. The molecule has 0 aromatic carbocycles. The van der Waals surface area contributed by atoms with Gasteiger partial charge in [0.25, 0.3) is 0 Å². The van der Waals surface area contributed by atoms with Crippen LogP contribution in [-0.4, -0.2) is 46.8 Å². The van der Waals surface area contributed by atoms with Crippen LogP contribution in [0.4, 0.5) is 4.79 Å². The van der Waals surface area contributed by atoms with Gasteiger partial charge in [-0.15, -0.1) is 0 Å². The zero-order valence-electron chi connectivity index (χ0n) is 13.0. The molecule has 0 saturated carbocycles. The zero-order chi connectivity index (χ0) is 15.0. The molecule has 1 fully saturated rings. The molecule has 0 aromatic rings. The molecule has 1 rings (SSSR count). The molecule has 0 bridgehead atoms. The number of hydrogen-bond donors (Lipinski definition) is 0. The van der Waals surface area contributed by atoms with Gasteiger partial charge in [-0.05, 0) is 50.9 Å². The molecule has 0 spiro atoms. The summed E-state index contributed by atoms with van der Waals surface area (Å²) in [7, 11) is 0. The summed E-state index contributed by atoms with van der Waals surface area (Å²) < 4.78 is 12.4. The smallest absolute Gasteiger partial charge is 0.410 e. The second-order valence-electron chi connectivity index (χ2n) is 6.29. The fraction of sp³-hybridized carbons (Fsp3) is 0.933. The first-order valence-corrected chi connectivity index (χ1v) is 9.10. The third kappa shape index (κ3) is 7.11. The molecule has 0 aliphatic carbocycles. The van der Waals surface area contributed by atoms with Crippen LogP contribution in [0.15, 0.2) is 0 Å². The molecule has 0 aromatic heterocycles. The van der Waals surface area contributed by atoms with Gasteiger partial charge in [0.15, 0.2) is 0 Å². The van der Waals surface area contributed by atoms with Gasteiger partial charge in [-0.3, -0.25) is 0 Å². The minimum Gasteiger partial charge on any atom is -0.444 e. The van der Waals surface area contributed by atoms with Gasteiger partial charge in [0.1, 0.15) is 5.60 Å². The van der Waals surface area contributed by atoms with Gasteiger partial charge in [0.05, 0.1) is 12.6 Å². The summed E-state index contributed by atoms with van der Waals surface area (Å²) in [6.07, 6.45) is 5.46. The lowest BCUT2D eigenvalue weighted by molar-refractivity contribution is 0.0104. The number of rotatable bonds is 7. The SMILES string of the molecule is CC(C)(C)OC(=O)N1CCCC1COCCCCCI. The minimum atomic E-state index is -0.426. The third-order valence-electron chi connectivity index (χ3n) is 3.24. The number of ether oxygens (including phenoxy) is 2. The van der Waals surface area contributed by atoms with E-state index in [1.165, 1.54) is 17.3 Å². The van der Waals surface area contributed by atoms with E-state index in [9.17, 15) is 4.79 Å². The van der Waals surface area contributed by atoms with Crippen LogP contribution in [0.2, 0.25) is 0 Å². The number of carbonyl (C=O) groups is 1. The van der Waals surface area contributed by atoms with E-state index in [0.717, 1.165) is 32.4 Å². The van der Waals surface area contributed by atoms with Crippen molar-refractivity contribution in [3.05, 3.63) is 0 Å². The average molecular weight is 397 g/mol. The predicted molar refractivity (Wildman–Crippen MR) is 89.5 cm³/mol. The van der Waals surface area contributed by atoms with Crippen LogP contribution in [0, 0.1) is 0 Å². The van der Waals surface area contributed by atoms with Gasteiger partial charge in [-0.25, -0.2) is 4.79 Å². The Labute approximate surface area is 136 Å². The Morgan fingerprint density at radius 2 is 2.05 bits per heavy atom. The van der Waals surface area contributed by atoms with Crippen molar-refractivity contribution in [2.24, 2.45) is 0 Å². The van der Waals surface area contributed by atoms with Crippen LogP contribution in [0.5, 0.6) is 0 Å². The summed E-state index contributed by atoms with van der Waals surface area (Å²) in [4.78, 5) is 13.9. The Hall–Kier alpha value is -0.0400. The van der Waals surface area contributed by atoms with Crippen molar-refractivity contribution in [2.75, 3.05) is 24.2 Å². The highest BCUT2D eigenvalue weighted by Crippen LogP contribution is 2.21. The Morgan fingerprint density at radius 3 is 2.70 bits per heavy atom. The molecule has 1 saturated heterocycles. The Kier molecular flexibility index (Phi) is 8.17. The van der Waals surface area contributed by atoms with Crippen molar-refractivity contribution < 1.29 is 14.3 Å². The molecular weight excluding hydrogens is 369 g/mol. The first-order chi connectivity index (χ1) is 9.44. The van der Waals surface area contributed by atoms with Gasteiger partial charge in [0, 0.05) is 13.2 Å². The van der Waals surface area contributed by atoms with Gasteiger partial charge in [0.2, 0.25) is 0 Å². The van der Waals surface area contributed by atoms with Crippen molar-refractivity contribution in [1.29, 1.82) is 0 Å². The maximum absolute atomic E-state index is 12.1. The first-order valence-electron chi connectivity index (χ1n) is 7.57. The maximum atomic E-state index is 12.1. The highest BCUT2D eigenvalue weighted by atomic mass is 127. The number of nitrogens with zero attached hydrogens (tertiary/aromatic N) is 1. The number of carbonyl (C=O) groups excluding carboxylic acids is 1. The molecular formula is C15H28INO3. The molecule has 1 aliphatic heterocycles. The Balaban J connectivity index is 2.25. The zero-order valence-corrected chi connectivity index (χ0v) is 15.1. The van der Waals surface area contributed by atoms with Gasteiger partial charge >= 0.3 is 6.09 Å². The van der Waals surface area contributed by atoms with Crippen LogP contribution >= 0.6 is 22.6 Å². The van der Waals surface area contributed by atoms with Gasteiger partial charge < -0.3 is 14.4 Å². The molecule has 1 aliphatic rings. The highest BCUT2D eigenvalue weighted by molar-refractivity contribution is 14.1. The maximum Gasteiger partial charge on any atom is 0.410 e. The standard InChI is InChI=1S/C15H28INO3/c1-15(2,3)20-14(18)17-10-7-8-13(17)12-19-11-6-4-5-9-16/h13H,4-12H2,1-3H3. The fourth-order valence-electron chi connectivity index (χ4n) is 2.26. The van der Waals surface area contributed by atoms with E-state index in [1.807, 2.05) is 25.7 Å². The van der Waals surface area contributed by atoms with E-state index in [4.69, 9.17) is 9.47 Å². The van der Waals surface area contributed by atoms with Crippen LogP contribution in [0.3, 0.4) is 0 Å². The van der Waals surface area contributed by atoms with E-state index >= 15 is 0 Å². The molecule has 20 heavy (non-hydrogen) atoms. The van der Waals surface area contributed by atoms with E-state index < -0.39 is 5.60 Å². The number of amides is 1. The summed E-state index contributed by atoms with van der Waals surface area (Å²) in [5, 5.41) is 0. The van der Waals surface area contributed by atoms with Crippen molar-refractivity contribution in [2.45, 2.75) is 64.5 Å². The predicted octanol–water partition coefficient (Wildman–Crippen LogP) is 4.01. The number of hydrogen-bond acceptors (Lipinski definition) is 3. The molecule has 0 radical (unpaired) electrons. The average Bonchev–Trinajstić information content (AvgIpc) is 2.80. The summed E-state index contributed by atoms with van der Waals surface area (Å²) in [5.41, 5.74) is -0.426. The second kappa shape index (κ2) is 9.07. The molecule has 1 amide bonds. The van der Waals surface area contributed by atoms with Crippen LogP contribution in [0.1, 0.15) is 52.9 Å². The quantitative estimate of drug-likeness (QED) is 0.370. The van der Waals surface area contributed by atoms with Gasteiger partial charge in [-0.1, -0.05) is 29.0 Å². The molecule has 4 nitrogen and oxygen atoms in total. The van der Waals surface area contributed by atoms with Crippen LogP contribution in [-0.2, 0) is 9.47 Å². The van der Waals surface area contributed by atoms with E-state index in [1.54, 1.807) is 0 Å². The number of alkyl halides is 1. The van der Waals surface area contributed by atoms with E-state index in [-0.39, 0.29) is 12.1 Å². The van der Waals surface area contributed by atoms with Gasteiger partial charge in [-0.2, -0.15) is 0 Å². The normalized spacial score (nSPS) is 19.4. The topological polar surface area (TPSA) is 38.8 Å². The summed E-state index contributed by atoms with van der Waals surface area (Å²) in [6, 6.07) is 0.189. The van der Waals surface area contributed by atoms with E-state index in [0.29, 0.717) is 6.61 Å². The van der Waals surface area contributed by atoms with Crippen molar-refractivity contribution in [3.63, 3.8) is 0 Å². The number of likely N-dealkylation sites (tertiary alicyclic amines) is 1. The largest absolute Gasteiger partial charge is 0.444 e. The summed E-state index contributed by atoms with van der Waals surface area (Å²) in [6.45, 7) is 7.94. The lowest BCUT2D eigenvalue weighted by Gasteiger charge is -2.28. The number of unbranched alkanes of at least 4 members (excludes halogenated alkanes) is 2. The van der Waals surface area contributed by atoms with Crippen LogP contribution in [0.25, 0.3) is 0 Å². The molecule has 1 atom stereocenters. The van der Waals surface area contributed by atoms with Crippen LogP contribution < -0.4 is 0 Å².